The topological polar surface area (TPSA) is 84.6 Å². The highest BCUT2D eigenvalue weighted by Gasteiger charge is 2.23. The van der Waals surface area contributed by atoms with Crippen molar-refractivity contribution >= 4 is 28.3 Å². The Morgan fingerprint density at radius 3 is 2.45 bits per heavy atom. The number of nitrogens with zero attached hydrogens (tertiary/aromatic N) is 4. The number of aromatic nitrogens is 2. The molecular weight excluding hydrogens is 414 g/mol. The van der Waals surface area contributed by atoms with E-state index >= 15 is 0 Å². The van der Waals surface area contributed by atoms with Crippen LogP contribution in [-0.2, 0) is 11.2 Å². The third kappa shape index (κ3) is 3.64. The van der Waals surface area contributed by atoms with Crippen LogP contribution in [0, 0.1) is 18.3 Å². The van der Waals surface area contributed by atoms with Crippen LogP contribution in [0.2, 0.25) is 0 Å². The monoisotopic (exact) mass is 439 g/mol. The first-order chi connectivity index (χ1) is 16.1. The van der Waals surface area contributed by atoms with Gasteiger partial charge in [0.1, 0.15) is 11.7 Å². The first-order valence-electron chi connectivity index (χ1n) is 11.2. The zero-order valence-corrected chi connectivity index (χ0v) is 18.5. The minimum atomic E-state index is -0.166. The summed E-state index contributed by atoms with van der Waals surface area (Å²) in [4.78, 5) is 33.7. The third-order valence-corrected chi connectivity index (χ3v) is 6.60. The van der Waals surface area contributed by atoms with Crippen LogP contribution in [-0.4, -0.2) is 46.4 Å². The Labute approximate surface area is 191 Å². The molecule has 4 aromatic rings. The minimum absolute atomic E-state index is 0.0454. The number of piperazine rings is 1. The van der Waals surface area contributed by atoms with Crippen molar-refractivity contribution in [3.8, 4) is 6.07 Å². The highest BCUT2D eigenvalue weighted by Crippen LogP contribution is 2.22. The van der Waals surface area contributed by atoms with Gasteiger partial charge in [0.25, 0.3) is 5.56 Å². The second-order valence-electron chi connectivity index (χ2n) is 8.43. The molecule has 2 aromatic carbocycles. The zero-order chi connectivity index (χ0) is 22.9. The highest BCUT2D eigenvalue weighted by molar-refractivity contribution is 5.83. The van der Waals surface area contributed by atoms with Gasteiger partial charge < -0.3 is 14.8 Å². The van der Waals surface area contributed by atoms with Crippen LogP contribution in [0.5, 0.6) is 0 Å². The number of benzene rings is 2. The fourth-order valence-corrected chi connectivity index (χ4v) is 4.76. The molecule has 5 rings (SSSR count). The zero-order valence-electron chi connectivity index (χ0n) is 18.5. The summed E-state index contributed by atoms with van der Waals surface area (Å²) in [6, 6.07) is 20.0. The molecule has 0 bridgehead atoms. The average molecular weight is 440 g/mol. The number of nitriles is 1. The fourth-order valence-electron chi connectivity index (χ4n) is 4.76. The van der Waals surface area contributed by atoms with Crippen molar-refractivity contribution < 1.29 is 4.79 Å². The summed E-state index contributed by atoms with van der Waals surface area (Å²) in [5.74, 6) is 0.0454. The molecule has 0 spiro atoms. The number of nitrogens with one attached hydrogen (secondary N) is 1. The van der Waals surface area contributed by atoms with Gasteiger partial charge in [-0.1, -0.05) is 30.3 Å². The van der Waals surface area contributed by atoms with Gasteiger partial charge in [-0.2, -0.15) is 5.26 Å². The predicted octanol–water partition coefficient (Wildman–Crippen LogP) is 3.24. The van der Waals surface area contributed by atoms with Crippen molar-refractivity contribution in [1.29, 1.82) is 5.26 Å². The van der Waals surface area contributed by atoms with Gasteiger partial charge in [-0.05, 0) is 43.2 Å². The Kier molecular flexibility index (Phi) is 5.35. The van der Waals surface area contributed by atoms with Gasteiger partial charge in [0.15, 0.2) is 0 Å². The van der Waals surface area contributed by atoms with Crippen LogP contribution in [0.25, 0.3) is 16.7 Å². The summed E-state index contributed by atoms with van der Waals surface area (Å²) in [6.07, 6.45) is 0.570. The molecule has 1 fully saturated rings. The molecule has 1 aliphatic heterocycles. The van der Waals surface area contributed by atoms with Crippen molar-refractivity contribution in [2.75, 3.05) is 31.1 Å². The van der Waals surface area contributed by atoms with Crippen LogP contribution in [0.1, 0.15) is 23.1 Å². The second kappa shape index (κ2) is 8.47. The molecule has 166 valence electrons. The largest absolute Gasteiger partial charge is 0.368 e. The number of hydrogen-bond donors (Lipinski definition) is 1. The van der Waals surface area contributed by atoms with Gasteiger partial charge in [0.2, 0.25) is 5.91 Å². The van der Waals surface area contributed by atoms with E-state index in [-0.39, 0.29) is 17.9 Å². The van der Waals surface area contributed by atoms with Crippen LogP contribution >= 0.6 is 0 Å². The molecule has 0 saturated carbocycles. The maximum absolute atomic E-state index is 13.4. The van der Waals surface area contributed by atoms with E-state index in [0.29, 0.717) is 41.8 Å². The second-order valence-corrected chi connectivity index (χ2v) is 8.43. The van der Waals surface area contributed by atoms with Crippen LogP contribution in [0.15, 0.2) is 59.4 Å². The van der Waals surface area contributed by atoms with Gasteiger partial charge in [-0.25, -0.2) is 0 Å². The number of rotatable bonds is 4. The van der Waals surface area contributed by atoms with E-state index in [4.69, 9.17) is 0 Å². The van der Waals surface area contributed by atoms with Crippen LogP contribution in [0.3, 0.4) is 0 Å². The van der Waals surface area contributed by atoms with Gasteiger partial charge in [-0.3, -0.25) is 14.0 Å². The summed E-state index contributed by atoms with van der Waals surface area (Å²) in [5, 5.41) is 9.79. The highest BCUT2D eigenvalue weighted by atomic mass is 16.2. The Balaban J connectivity index is 1.36. The maximum Gasteiger partial charge on any atom is 0.260 e. The number of pyridine rings is 1. The molecule has 7 nitrogen and oxygen atoms in total. The van der Waals surface area contributed by atoms with Gasteiger partial charge in [0, 0.05) is 43.9 Å². The summed E-state index contributed by atoms with van der Waals surface area (Å²) >= 11 is 0. The molecule has 1 N–H and O–H groups in total. The van der Waals surface area contributed by atoms with E-state index in [0.717, 1.165) is 24.1 Å². The summed E-state index contributed by atoms with van der Waals surface area (Å²) < 4.78 is 1.57. The van der Waals surface area contributed by atoms with Crippen molar-refractivity contribution in [2.24, 2.45) is 0 Å². The number of para-hydroxylation sites is 3. The SMILES string of the molecule is Cc1c(CCC(=O)N2CCN(c3ccccc3)CC2)c(=O)n2c([nH]c3ccccc32)c1C#N. The molecule has 1 aliphatic rings. The Bertz CT molecular complexity index is 1440. The van der Waals surface area contributed by atoms with Gasteiger partial charge >= 0.3 is 0 Å². The summed E-state index contributed by atoms with van der Waals surface area (Å²) in [7, 11) is 0. The van der Waals surface area contributed by atoms with E-state index in [1.807, 2.05) is 47.4 Å². The number of amides is 1. The van der Waals surface area contributed by atoms with Crippen LogP contribution < -0.4 is 10.5 Å². The number of fused-ring (bicyclic) bond motifs is 3. The maximum atomic E-state index is 13.4. The quantitative estimate of drug-likeness (QED) is 0.529. The molecule has 0 atom stereocenters. The number of carbonyl (C=O) groups excluding carboxylic acids is 1. The predicted molar refractivity (Wildman–Crippen MR) is 129 cm³/mol. The smallest absolute Gasteiger partial charge is 0.260 e. The van der Waals surface area contributed by atoms with Crippen molar-refractivity contribution in [3.05, 3.63) is 81.6 Å². The van der Waals surface area contributed by atoms with E-state index in [1.54, 1.807) is 11.3 Å². The average Bonchev–Trinajstić information content (AvgIpc) is 3.24. The molecular formula is C26H25N5O2. The van der Waals surface area contributed by atoms with Crippen LogP contribution in [0.4, 0.5) is 5.69 Å². The lowest BCUT2D eigenvalue weighted by molar-refractivity contribution is -0.131. The number of aromatic amines is 1. The molecule has 0 radical (unpaired) electrons. The summed E-state index contributed by atoms with van der Waals surface area (Å²) in [6.45, 7) is 4.70. The number of imidazole rings is 1. The number of H-pyrrole nitrogens is 1. The van der Waals surface area contributed by atoms with Gasteiger partial charge in [-0.15, -0.1) is 0 Å². The Morgan fingerprint density at radius 1 is 1.03 bits per heavy atom. The lowest BCUT2D eigenvalue weighted by atomic mass is 10.0. The Hall–Kier alpha value is -4.05. The molecule has 3 heterocycles. The summed E-state index contributed by atoms with van der Waals surface area (Å²) in [5.41, 5.74) is 4.68. The third-order valence-electron chi connectivity index (χ3n) is 6.60. The molecule has 1 saturated heterocycles. The van der Waals surface area contributed by atoms with E-state index < -0.39 is 0 Å². The first kappa shape index (κ1) is 20.8. The molecule has 7 heteroatoms. The number of hydrogen-bond acceptors (Lipinski definition) is 4. The Morgan fingerprint density at radius 2 is 1.73 bits per heavy atom. The standard InChI is InChI=1S/C26H25N5O2/c1-18-20(26(33)31-23-10-6-5-9-22(23)28-25(31)21(18)17-27)11-12-24(32)30-15-13-29(14-16-30)19-7-3-2-4-8-19/h2-10,28H,11-16H2,1H3. The van der Waals surface area contributed by atoms with E-state index in [1.165, 1.54) is 5.69 Å². The molecule has 33 heavy (non-hydrogen) atoms. The number of anilines is 1. The molecule has 0 aliphatic carbocycles. The lowest BCUT2D eigenvalue weighted by Gasteiger charge is -2.36. The molecule has 2 aromatic heterocycles. The lowest BCUT2D eigenvalue weighted by Crippen LogP contribution is -2.48. The minimum Gasteiger partial charge on any atom is -0.368 e. The normalized spacial score (nSPS) is 14.1. The number of carbonyl (C=O) groups is 1. The molecule has 1 amide bonds. The first-order valence-corrected chi connectivity index (χ1v) is 11.2. The van der Waals surface area contributed by atoms with E-state index in [2.05, 4.69) is 28.1 Å². The molecule has 0 unspecified atom stereocenters. The fraction of sp³-hybridized carbons (Fsp3) is 0.269. The van der Waals surface area contributed by atoms with Gasteiger partial charge in [0.05, 0.1) is 16.6 Å². The van der Waals surface area contributed by atoms with E-state index in [9.17, 15) is 14.9 Å². The van der Waals surface area contributed by atoms with Crippen molar-refractivity contribution in [2.45, 2.75) is 19.8 Å². The van der Waals surface area contributed by atoms with Crippen molar-refractivity contribution in [3.63, 3.8) is 0 Å². The van der Waals surface area contributed by atoms with Crippen molar-refractivity contribution in [1.82, 2.24) is 14.3 Å².